The summed E-state index contributed by atoms with van der Waals surface area (Å²) in [6, 6.07) is 1.65. The summed E-state index contributed by atoms with van der Waals surface area (Å²) < 4.78 is 0. The summed E-state index contributed by atoms with van der Waals surface area (Å²) in [5, 5.41) is 15.0. The minimum atomic E-state index is -0.561. The zero-order valence-electron chi connectivity index (χ0n) is 10.8. The van der Waals surface area contributed by atoms with Gasteiger partial charge in [-0.15, -0.1) is 22.9 Å². The molecular weight excluding hydrogens is 270 g/mol. The van der Waals surface area contributed by atoms with Crippen LogP contribution in [-0.2, 0) is 4.79 Å². The van der Waals surface area contributed by atoms with Crippen molar-refractivity contribution in [3.63, 3.8) is 0 Å². The lowest BCUT2D eigenvalue weighted by Gasteiger charge is -2.23. The van der Waals surface area contributed by atoms with Gasteiger partial charge in [0.1, 0.15) is 5.88 Å². The Bertz CT molecular complexity index is 381. The van der Waals surface area contributed by atoms with Crippen LogP contribution in [0.1, 0.15) is 42.7 Å². The van der Waals surface area contributed by atoms with Crippen LogP contribution in [0, 0.1) is 6.92 Å². The third kappa shape index (κ3) is 4.26. The van der Waals surface area contributed by atoms with Crippen molar-refractivity contribution >= 4 is 28.8 Å². The van der Waals surface area contributed by atoms with Gasteiger partial charge in [0.15, 0.2) is 0 Å². The predicted octanol–water partition coefficient (Wildman–Crippen LogP) is 3.00. The first-order valence-electron chi connectivity index (χ1n) is 6.17. The molecule has 1 aromatic heterocycles. The zero-order chi connectivity index (χ0) is 13.5. The topological polar surface area (TPSA) is 49.3 Å². The largest absolute Gasteiger partial charge is 0.391 e. The van der Waals surface area contributed by atoms with E-state index in [4.69, 9.17) is 11.6 Å². The molecule has 0 spiro atoms. The number of aliphatic hydroxyl groups excluding tert-OH is 1. The Morgan fingerprint density at radius 1 is 1.61 bits per heavy atom. The van der Waals surface area contributed by atoms with Crippen molar-refractivity contribution in [3.05, 3.63) is 21.9 Å². The average Bonchev–Trinajstić information content (AvgIpc) is 2.78. The fraction of sp³-hybridized carbons (Fsp3) is 0.615. The zero-order valence-corrected chi connectivity index (χ0v) is 12.4. The van der Waals surface area contributed by atoms with Gasteiger partial charge in [-0.25, -0.2) is 0 Å². The Morgan fingerprint density at radius 3 is 2.83 bits per heavy atom. The third-order valence-electron chi connectivity index (χ3n) is 2.86. The van der Waals surface area contributed by atoms with Crippen LogP contribution in [0.2, 0.25) is 0 Å². The van der Waals surface area contributed by atoms with Gasteiger partial charge in [-0.1, -0.05) is 19.8 Å². The Labute approximate surface area is 117 Å². The van der Waals surface area contributed by atoms with Crippen molar-refractivity contribution in [1.29, 1.82) is 0 Å². The smallest absolute Gasteiger partial charge is 0.235 e. The number of aryl methyl sites for hydroxylation is 1. The molecule has 1 aromatic rings. The lowest BCUT2D eigenvalue weighted by molar-refractivity contribution is -0.120. The number of amides is 1. The lowest BCUT2D eigenvalue weighted by Crippen LogP contribution is -2.36. The summed E-state index contributed by atoms with van der Waals surface area (Å²) in [7, 11) is 0. The average molecular weight is 290 g/mol. The van der Waals surface area contributed by atoms with Crippen molar-refractivity contribution < 1.29 is 9.90 Å². The lowest BCUT2D eigenvalue weighted by atomic mass is 10.0. The minimum Gasteiger partial charge on any atom is -0.391 e. The Hall–Kier alpha value is -0.580. The molecule has 2 N–H and O–H groups in total. The second-order valence-electron chi connectivity index (χ2n) is 4.36. The molecule has 0 aliphatic carbocycles. The maximum Gasteiger partial charge on any atom is 0.235 e. The molecule has 1 rings (SSSR count). The number of carbonyl (C=O) groups excluding carboxylic acids is 1. The highest BCUT2D eigenvalue weighted by molar-refractivity contribution is 7.10. The van der Waals surface area contributed by atoms with Gasteiger partial charge >= 0.3 is 0 Å². The Kier molecular flexibility index (Phi) is 6.68. The molecule has 0 bridgehead atoms. The molecule has 0 saturated carbocycles. The van der Waals surface area contributed by atoms with Crippen molar-refractivity contribution in [3.8, 4) is 0 Å². The number of thiophene rings is 1. The van der Waals surface area contributed by atoms with Crippen LogP contribution in [0.15, 0.2) is 11.4 Å². The van der Waals surface area contributed by atoms with Crippen LogP contribution >= 0.6 is 22.9 Å². The first-order chi connectivity index (χ1) is 8.60. The standard InChI is InChI=1S/C13H20ClNO2S/c1-3-4-5-10(16)12(15-11(17)8-14)13-9(2)6-7-18-13/h6-7,10,12,16H,3-5,8H2,1-2H3,(H,15,17)/t10-,12+/m1/s1. The quantitative estimate of drug-likeness (QED) is 0.758. The van der Waals surface area contributed by atoms with Crippen LogP contribution in [0.4, 0.5) is 0 Å². The van der Waals surface area contributed by atoms with Gasteiger partial charge in [0, 0.05) is 4.88 Å². The second-order valence-corrected chi connectivity index (χ2v) is 5.57. The van der Waals surface area contributed by atoms with E-state index >= 15 is 0 Å². The first kappa shape index (κ1) is 15.5. The van der Waals surface area contributed by atoms with E-state index in [1.165, 1.54) is 0 Å². The number of carbonyl (C=O) groups is 1. The fourth-order valence-corrected chi connectivity index (χ4v) is 2.94. The van der Waals surface area contributed by atoms with Gasteiger partial charge in [0.2, 0.25) is 5.91 Å². The highest BCUT2D eigenvalue weighted by Gasteiger charge is 2.24. The normalized spacial score (nSPS) is 14.2. The van der Waals surface area contributed by atoms with Gasteiger partial charge in [-0.05, 0) is 30.4 Å². The summed E-state index contributed by atoms with van der Waals surface area (Å²) >= 11 is 7.07. The van der Waals surface area contributed by atoms with Crippen LogP contribution in [0.3, 0.4) is 0 Å². The fourth-order valence-electron chi connectivity index (χ4n) is 1.83. The molecule has 5 heteroatoms. The van der Waals surface area contributed by atoms with E-state index in [1.54, 1.807) is 11.3 Å². The molecule has 1 amide bonds. The number of rotatable bonds is 7. The van der Waals surface area contributed by atoms with E-state index < -0.39 is 6.10 Å². The van der Waals surface area contributed by atoms with Crippen molar-refractivity contribution in [2.45, 2.75) is 45.3 Å². The predicted molar refractivity (Wildman–Crippen MR) is 76.2 cm³/mol. The number of alkyl halides is 1. The van der Waals surface area contributed by atoms with Crippen LogP contribution in [0.25, 0.3) is 0 Å². The third-order valence-corrected chi connectivity index (χ3v) is 4.21. The molecule has 0 saturated heterocycles. The summed E-state index contributed by atoms with van der Waals surface area (Å²) in [5.74, 6) is -0.327. The van der Waals surface area contributed by atoms with E-state index in [9.17, 15) is 9.90 Å². The number of hydrogen-bond acceptors (Lipinski definition) is 3. The van der Waals surface area contributed by atoms with E-state index in [2.05, 4.69) is 12.2 Å². The molecule has 102 valence electrons. The first-order valence-corrected chi connectivity index (χ1v) is 7.59. The van der Waals surface area contributed by atoms with Gasteiger partial charge in [-0.2, -0.15) is 0 Å². The molecule has 0 aromatic carbocycles. The van der Waals surface area contributed by atoms with Crippen LogP contribution in [0.5, 0.6) is 0 Å². The molecule has 2 atom stereocenters. The molecule has 0 radical (unpaired) electrons. The molecule has 0 unspecified atom stereocenters. The number of unbranched alkanes of at least 4 members (excludes halogenated alkanes) is 1. The number of aliphatic hydroxyl groups is 1. The number of hydrogen-bond donors (Lipinski definition) is 2. The van der Waals surface area contributed by atoms with Crippen molar-refractivity contribution in [2.24, 2.45) is 0 Å². The molecule has 0 aliphatic heterocycles. The molecule has 0 fully saturated rings. The van der Waals surface area contributed by atoms with Crippen LogP contribution in [-0.4, -0.2) is 23.0 Å². The Morgan fingerprint density at radius 2 is 2.33 bits per heavy atom. The second kappa shape index (κ2) is 7.77. The van der Waals surface area contributed by atoms with E-state index in [-0.39, 0.29) is 17.8 Å². The van der Waals surface area contributed by atoms with Gasteiger partial charge in [0.05, 0.1) is 12.1 Å². The van der Waals surface area contributed by atoms with Crippen LogP contribution < -0.4 is 5.32 Å². The molecule has 18 heavy (non-hydrogen) atoms. The summed E-state index contributed by atoms with van der Waals surface area (Å²) in [6.45, 7) is 4.06. The summed E-state index contributed by atoms with van der Waals surface area (Å²) in [6.07, 6.45) is 2.09. The highest BCUT2D eigenvalue weighted by atomic mass is 35.5. The van der Waals surface area contributed by atoms with E-state index in [1.807, 2.05) is 18.4 Å². The molecule has 3 nitrogen and oxygen atoms in total. The minimum absolute atomic E-state index is 0.0819. The maximum absolute atomic E-state index is 11.5. The SMILES string of the molecule is CCCC[C@@H](O)[C@H](NC(=O)CCl)c1sccc1C. The van der Waals surface area contributed by atoms with Crippen molar-refractivity contribution in [2.75, 3.05) is 5.88 Å². The molecular formula is C13H20ClNO2S. The van der Waals surface area contributed by atoms with Gasteiger partial charge in [0.25, 0.3) is 0 Å². The van der Waals surface area contributed by atoms with Gasteiger partial charge in [-0.3, -0.25) is 4.79 Å². The highest BCUT2D eigenvalue weighted by Crippen LogP contribution is 2.28. The monoisotopic (exact) mass is 289 g/mol. The van der Waals surface area contributed by atoms with E-state index in [0.29, 0.717) is 6.42 Å². The maximum atomic E-state index is 11.5. The number of halogens is 1. The van der Waals surface area contributed by atoms with Crippen molar-refractivity contribution in [1.82, 2.24) is 5.32 Å². The number of nitrogens with one attached hydrogen (secondary N) is 1. The molecule has 1 heterocycles. The van der Waals surface area contributed by atoms with E-state index in [0.717, 1.165) is 23.3 Å². The summed E-state index contributed by atoms with van der Waals surface area (Å²) in [5.41, 5.74) is 1.09. The molecule has 0 aliphatic rings. The Balaban J connectivity index is 2.81. The van der Waals surface area contributed by atoms with Gasteiger partial charge < -0.3 is 10.4 Å². The summed E-state index contributed by atoms with van der Waals surface area (Å²) in [4.78, 5) is 12.5.